The van der Waals surface area contributed by atoms with Crippen LogP contribution in [0.2, 0.25) is 5.02 Å². The van der Waals surface area contributed by atoms with Gasteiger partial charge in [-0.25, -0.2) is 4.98 Å². The van der Waals surface area contributed by atoms with Gasteiger partial charge in [0.1, 0.15) is 0 Å². The molecule has 164 valence electrons. The minimum atomic E-state index is 0.308. The van der Waals surface area contributed by atoms with E-state index in [1.165, 1.54) is 25.7 Å². The summed E-state index contributed by atoms with van der Waals surface area (Å²) in [4.78, 5) is 14.3. The number of benzene rings is 1. The molecule has 2 aliphatic carbocycles. The van der Waals surface area contributed by atoms with Crippen molar-refractivity contribution in [1.82, 2.24) is 19.5 Å². The Morgan fingerprint density at radius 3 is 2.52 bits per heavy atom. The van der Waals surface area contributed by atoms with Gasteiger partial charge in [-0.05, 0) is 50.7 Å². The summed E-state index contributed by atoms with van der Waals surface area (Å²) in [6.07, 6.45) is 10.9. The van der Waals surface area contributed by atoms with Gasteiger partial charge in [-0.1, -0.05) is 36.6 Å². The number of hydrogen-bond acceptors (Lipinski definition) is 7. The van der Waals surface area contributed by atoms with Crippen LogP contribution in [0, 0.1) is 0 Å². The largest absolute Gasteiger partial charge is 0.351 e. The van der Waals surface area contributed by atoms with Crippen molar-refractivity contribution in [2.24, 2.45) is 5.73 Å². The van der Waals surface area contributed by atoms with E-state index >= 15 is 0 Å². The summed E-state index contributed by atoms with van der Waals surface area (Å²) in [5.41, 5.74) is 14.8. The van der Waals surface area contributed by atoms with Crippen molar-refractivity contribution >= 4 is 40.2 Å². The van der Waals surface area contributed by atoms with E-state index in [1.807, 2.05) is 30.6 Å². The third-order valence-corrected chi connectivity index (χ3v) is 6.76. The molecule has 0 spiro atoms. The molecule has 2 heterocycles. The Morgan fingerprint density at radius 1 is 0.968 bits per heavy atom. The van der Waals surface area contributed by atoms with Crippen LogP contribution < -0.4 is 21.9 Å². The van der Waals surface area contributed by atoms with Gasteiger partial charge in [-0.2, -0.15) is 9.97 Å². The molecule has 31 heavy (non-hydrogen) atoms. The number of fused-ring (bicyclic) bond motifs is 1. The van der Waals surface area contributed by atoms with Gasteiger partial charge in [0.15, 0.2) is 17.0 Å². The lowest BCUT2D eigenvalue weighted by atomic mass is 9.92. The molecule has 5 rings (SSSR count). The lowest BCUT2D eigenvalue weighted by Crippen LogP contribution is -2.33. The average Bonchev–Trinajstić information content (AvgIpc) is 3.44. The molecular formula is C22H29ClN8. The van der Waals surface area contributed by atoms with Crippen molar-refractivity contribution in [3.63, 3.8) is 0 Å². The van der Waals surface area contributed by atoms with Gasteiger partial charge in [0.05, 0.1) is 17.0 Å². The maximum atomic E-state index is 6.29. The zero-order valence-electron chi connectivity index (χ0n) is 17.5. The first-order valence-electron chi connectivity index (χ1n) is 11.2. The summed E-state index contributed by atoms with van der Waals surface area (Å²) in [7, 11) is 0. The van der Waals surface area contributed by atoms with Gasteiger partial charge in [-0.15, -0.1) is 0 Å². The molecule has 0 radical (unpaired) electrons. The summed E-state index contributed by atoms with van der Waals surface area (Å²) in [6, 6.07) is 8.68. The van der Waals surface area contributed by atoms with Gasteiger partial charge < -0.3 is 15.6 Å². The third-order valence-electron chi connectivity index (χ3n) is 6.43. The Hall–Kier alpha value is -2.58. The summed E-state index contributed by atoms with van der Waals surface area (Å²) < 4.78 is 2.21. The third kappa shape index (κ3) is 4.41. The predicted octanol–water partition coefficient (Wildman–Crippen LogP) is 4.72. The van der Waals surface area contributed by atoms with Crippen LogP contribution in [0.25, 0.3) is 11.2 Å². The second-order valence-corrected chi connectivity index (χ2v) is 9.05. The Labute approximate surface area is 187 Å². The smallest absolute Gasteiger partial charge is 0.227 e. The predicted molar refractivity (Wildman–Crippen MR) is 125 cm³/mol. The maximum absolute atomic E-state index is 6.29. The van der Waals surface area contributed by atoms with Crippen LogP contribution in [0.15, 0.2) is 30.6 Å². The zero-order valence-corrected chi connectivity index (χ0v) is 18.3. The fourth-order valence-corrected chi connectivity index (χ4v) is 4.84. The zero-order chi connectivity index (χ0) is 21.2. The number of aromatic nitrogens is 4. The number of halogens is 1. The summed E-state index contributed by atoms with van der Waals surface area (Å²) in [5, 5.41) is 4.17. The van der Waals surface area contributed by atoms with Crippen LogP contribution in [-0.2, 0) is 0 Å². The van der Waals surface area contributed by atoms with Gasteiger partial charge in [0, 0.05) is 18.1 Å². The first-order valence-corrected chi connectivity index (χ1v) is 11.6. The molecule has 2 fully saturated rings. The number of nitrogens with zero attached hydrogens (tertiary/aromatic N) is 4. The number of rotatable bonds is 6. The Morgan fingerprint density at radius 2 is 1.74 bits per heavy atom. The van der Waals surface area contributed by atoms with Crippen molar-refractivity contribution in [3.8, 4) is 0 Å². The van der Waals surface area contributed by atoms with E-state index in [9.17, 15) is 0 Å². The average molecular weight is 441 g/mol. The van der Waals surface area contributed by atoms with E-state index in [1.54, 1.807) is 0 Å². The molecule has 2 aromatic heterocycles. The van der Waals surface area contributed by atoms with Crippen LogP contribution in [0.5, 0.6) is 0 Å². The molecule has 0 atom stereocenters. The number of hydrazine groups is 1. The van der Waals surface area contributed by atoms with Crippen molar-refractivity contribution in [1.29, 1.82) is 0 Å². The molecule has 8 nitrogen and oxygen atoms in total. The topological polar surface area (TPSA) is 106 Å². The monoisotopic (exact) mass is 440 g/mol. The summed E-state index contributed by atoms with van der Waals surface area (Å²) in [5.74, 6) is 1.26. The number of imidazole rings is 1. The highest BCUT2D eigenvalue weighted by Gasteiger charge is 2.24. The first-order chi connectivity index (χ1) is 15.2. The van der Waals surface area contributed by atoms with E-state index in [4.69, 9.17) is 27.3 Å². The Balaban J connectivity index is 1.45. The molecule has 0 saturated heterocycles. The number of nitrogens with one attached hydrogen (secondary N) is 3. The van der Waals surface area contributed by atoms with Crippen LogP contribution in [-0.4, -0.2) is 31.6 Å². The molecule has 0 amide bonds. The van der Waals surface area contributed by atoms with Crippen LogP contribution in [0.1, 0.15) is 57.4 Å². The Bertz CT molecular complexity index is 1040. The quantitative estimate of drug-likeness (QED) is 0.411. The molecule has 0 unspecified atom stereocenters. The fraction of sp³-hybridized carbons (Fsp3) is 0.500. The van der Waals surface area contributed by atoms with E-state index in [-0.39, 0.29) is 0 Å². The lowest BCUT2D eigenvalue weighted by molar-refractivity contribution is 0.410. The van der Waals surface area contributed by atoms with Crippen LogP contribution in [0.3, 0.4) is 0 Å². The summed E-state index contributed by atoms with van der Waals surface area (Å²) in [6.45, 7) is 0. The number of anilines is 3. The van der Waals surface area contributed by atoms with Crippen LogP contribution in [0.4, 0.5) is 17.5 Å². The second kappa shape index (κ2) is 8.88. The number of nitrogens with two attached hydrogens (primary N) is 1. The molecule has 1 aromatic carbocycles. The second-order valence-electron chi connectivity index (χ2n) is 8.64. The molecule has 2 aliphatic rings. The minimum Gasteiger partial charge on any atom is -0.351 e. The molecule has 2 saturated carbocycles. The maximum Gasteiger partial charge on any atom is 0.227 e. The van der Waals surface area contributed by atoms with Crippen LogP contribution >= 0.6 is 11.6 Å². The molecule has 0 bridgehead atoms. The molecular weight excluding hydrogens is 412 g/mol. The lowest BCUT2D eigenvalue weighted by Gasteiger charge is -2.27. The Kier molecular flexibility index (Phi) is 5.82. The number of para-hydroxylation sites is 1. The number of hydrogen-bond donors (Lipinski definition) is 4. The van der Waals surface area contributed by atoms with Crippen molar-refractivity contribution in [2.45, 2.75) is 69.5 Å². The standard InChI is InChI=1S/C22H29ClN8/c23-17-7-3-4-8-18(17)29-30-20-19-21(31(13-25-19)16-5-1-2-6-16)28-22(27-20)26-15-11-9-14(24)10-12-15/h3-4,7-8,13-16,29H,1-2,5-6,9-12,24H2,(H2,26,27,28,30)/t14-,15-. The molecule has 5 N–H and O–H groups in total. The van der Waals surface area contributed by atoms with Gasteiger partial charge in [0.2, 0.25) is 5.95 Å². The van der Waals surface area contributed by atoms with E-state index in [0.29, 0.717) is 34.9 Å². The molecule has 0 aliphatic heterocycles. The van der Waals surface area contributed by atoms with E-state index < -0.39 is 0 Å². The van der Waals surface area contributed by atoms with Gasteiger partial charge >= 0.3 is 0 Å². The minimum absolute atomic E-state index is 0.308. The van der Waals surface area contributed by atoms with Gasteiger partial charge in [0.25, 0.3) is 0 Å². The van der Waals surface area contributed by atoms with Crippen molar-refractivity contribution in [2.75, 3.05) is 16.2 Å². The molecule has 9 heteroatoms. The highest BCUT2D eigenvalue weighted by atomic mass is 35.5. The SMILES string of the molecule is N[C@H]1CC[C@H](Nc2nc(NNc3ccccc3Cl)c3ncn(C4CCCC4)c3n2)CC1. The van der Waals surface area contributed by atoms with E-state index in [0.717, 1.165) is 42.5 Å². The normalized spacial score (nSPS) is 22.0. The highest BCUT2D eigenvalue weighted by Crippen LogP contribution is 2.33. The van der Waals surface area contributed by atoms with Crippen molar-refractivity contribution < 1.29 is 0 Å². The van der Waals surface area contributed by atoms with Crippen molar-refractivity contribution in [3.05, 3.63) is 35.6 Å². The van der Waals surface area contributed by atoms with E-state index in [2.05, 4.69) is 25.7 Å². The summed E-state index contributed by atoms with van der Waals surface area (Å²) >= 11 is 6.29. The first kappa shape index (κ1) is 20.3. The highest BCUT2D eigenvalue weighted by molar-refractivity contribution is 6.33. The van der Waals surface area contributed by atoms with Gasteiger partial charge in [-0.3, -0.25) is 10.9 Å². The molecule has 3 aromatic rings. The fourth-order valence-electron chi connectivity index (χ4n) is 4.65.